The highest BCUT2D eigenvalue weighted by Crippen LogP contribution is 2.28. The van der Waals surface area contributed by atoms with Gasteiger partial charge in [0.25, 0.3) is 17.7 Å². The van der Waals surface area contributed by atoms with E-state index < -0.39 is 11.8 Å². The van der Waals surface area contributed by atoms with E-state index in [1.54, 1.807) is 53.3 Å². The average Bonchev–Trinajstić information content (AvgIpc) is 3.23. The van der Waals surface area contributed by atoms with E-state index in [9.17, 15) is 14.4 Å². The molecule has 7 nitrogen and oxygen atoms in total. The van der Waals surface area contributed by atoms with Crippen molar-refractivity contribution in [1.29, 1.82) is 0 Å². The maximum absolute atomic E-state index is 12.6. The summed E-state index contributed by atoms with van der Waals surface area (Å²) in [7, 11) is 0. The van der Waals surface area contributed by atoms with Gasteiger partial charge in [-0.1, -0.05) is 29.8 Å². The van der Waals surface area contributed by atoms with Crippen molar-refractivity contribution in [3.63, 3.8) is 0 Å². The van der Waals surface area contributed by atoms with Crippen molar-refractivity contribution in [3.05, 3.63) is 82.6 Å². The first-order valence-electron chi connectivity index (χ1n) is 8.58. The minimum Gasteiger partial charge on any atom is -0.350 e. The van der Waals surface area contributed by atoms with Crippen LogP contribution in [0.15, 0.2) is 60.9 Å². The van der Waals surface area contributed by atoms with Crippen LogP contribution in [0.5, 0.6) is 0 Å². The molecule has 1 aromatic heterocycles. The molecule has 2 heterocycles. The van der Waals surface area contributed by atoms with Gasteiger partial charge in [-0.05, 0) is 30.3 Å². The number of nitrogens with one attached hydrogen (secondary N) is 1. The molecule has 140 valence electrons. The first kappa shape index (κ1) is 17.9. The van der Waals surface area contributed by atoms with Crippen LogP contribution in [0.25, 0.3) is 0 Å². The van der Waals surface area contributed by atoms with Crippen molar-refractivity contribution in [3.8, 4) is 0 Å². The highest BCUT2D eigenvalue weighted by molar-refractivity contribution is 6.34. The van der Waals surface area contributed by atoms with Crippen molar-refractivity contribution >= 4 is 35.0 Å². The van der Waals surface area contributed by atoms with Crippen LogP contribution in [0.3, 0.4) is 0 Å². The van der Waals surface area contributed by atoms with E-state index in [4.69, 9.17) is 11.6 Å². The Balaban J connectivity index is 1.48. The van der Waals surface area contributed by atoms with Crippen LogP contribution in [-0.4, -0.2) is 34.0 Å². The summed E-state index contributed by atoms with van der Waals surface area (Å²) >= 11 is 5.80. The molecule has 0 radical (unpaired) electrons. The van der Waals surface area contributed by atoms with Crippen LogP contribution in [0, 0.1) is 0 Å². The van der Waals surface area contributed by atoms with E-state index in [0.717, 1.165) is 4.90 Å². The predicted octanol–water partition coefficient (Wildman–Crippen LogP) is 2.77. The normalized spacial score (nSPS) is 13.0. The van der Waals surface area contributed by atoms with Gasteiger partial charge in [-0.2, -0.15) is 5.10 Å². The Hall–Kier alpha value is -3.45. The number of nitrogens with zero attached hydrogens (tertiary/aromatic N) is 3. The number of fused-ring (bicyclic) bond motifs is 1. The SMILES string of the molecule is O=C(NCCn1cc(Cl)cn1)c1cccc(N2C(=O)c3ccccc3C2=O)c1. The zero-order valence-corrected chi connectivity index (χ0v) is 15.4. The lowest BCUT2D eigenvalue weighted by Crippen LogP contribution is -2.30. The third-order valence-electron chi connectivity index (χ3n) is 4.39. The second-order valence-electron chi connectivity index (χ2n) is 6.22. The summed E-state index contributed by atoms with van der Waals surface area (Å²) in [5.74, 6) is -1.10. The number of carbonyl (C=O) groups is 3. The summed E-state index contributed by atoms with van der Waals surface area (Å²) in [6.07, 6.45) is 3.19. The van der Waals surface area contributed by atoms with Crippen molar-refractivity contribution in [1.82, 2.24) is 15.1 Å². The molecule has 3 aromatic rings. The molecule has 4 rings (SSSR count). The lowest BCUT2D eigenvalue weighted by atomic mass is 10.1. The Kier molecular flexibility index (Phi) is 4.67. The predicted molar refractivity (Wildman–Crippen MR) is 104 cm³/mol. The Morgan fingerprint density at radius 1 is 1.04 bits per heavy atom. The monoisotopic (exact) mass is 394 g/mol. The van der Waals surface area contributed by atoms with Crippen LogP contribution in [0.2, 0.25) is 5.02 Å². The zero-order valence-electron chi connectivity index (χ0n) is 14.6. The highest BCUT2D eigenvalue weighted by Gasteiger charge is 2.36. The second kappa shape index (κ2) is 7.28. The first-order valence-corrected chi connectivity index (χ1v) is 8.96. The van der Waals surface area contributed by atoms with Crippen LogP contribution < -0.4 is 10.2 Å². The molecule has 0 atom stereocenters. The van der Waals surface area contributed by atoms with E-state index in [0.29, 0.717) is 40.5 Å². The first-order chi connectivity index (χ1) is 13.5. The highest BCUT2D eigenvalue weighted by atomic mass is 35.5. The number of rotatable bonds is 5. The molecule has 1 N–H and O–H groups in total. The Morgan fingerprint density at radius 2 is 1.75 bits per heavy atom. The van der Waals surface area contributed by atoms with E-state index in [1.165, 1.54) is 12.3 Å². The fourth-order valence-electron chi connectivity index (χ4n) is 3.06. The summed E-state index contributed by atoms with van der Waals surface area (Å²) in [6.45, 7) is 0.824. The number of amides is 3. The van der Waals surface area contributed by atoms with Gasteiger partial charge in [-0.25, -0.2) is 4.90 Å². The lowest BCUT2D eigenvalue weighted by molar-refractivity contribution is 0.0919. The number of carbonyl (C=O) groups excluding carboxylic acids is 3. The molecule has 8 heteroatoms. The molecular weight excluding hydrogens is 380 g/mol. The molecule has 0 unspecified atom stereocenters. The number of imide groups is 1. The van der Waals surface area contributed by atoms with Crippen LogP contribution >= 0.6 is 11.6 Å². The molecule has 2 aromatic carbocycles. The Labute approximate surface area is 165 Å². The molecule has 0 bridgehead atoms. The van der Waals surface area contributed by atoms with E-state index in [2.05, 4.69) is 10.4 Å². The average molecular weight is 395 g/mol. The van der Waals surface area contributed by atoms with Gasteiger partial charge in [0.05, 0.1) is 34.6 Å². The molecule has 0 saturated heterocycles. The summed E-state index contributed by atoms with van der Waals surface area (Å²) in [5, 5.41) is 7.35. The molecular formula is C20H15ClN4O3. The van der Waals surface area contributed by atoms with Gasteiger partial charge in [-0.15, -0.1) is 0 Å². The van der Waals surface area contributed by atoms with Gasteiger partial charge in [-0.3, -0.25) is 19.1 Å². The third kappa shape index (κ3) is 3.27. The summed E-state index contributed by atoms with van der Waals surface area (Å²) in [4.78, 5) is 38.7. The Morgan fingerprint density at radius 3 is 2.39 bits per heavy atom. The van der Waals surface area contributed by atoms with Gasteiger partial charge >= 0.3 is 0 Å². The smallest absolute Gasteiger partial charge is 0.266 e. The second-order valence-corrected chi connectivity index (χ2v) is 6.66. The maximum atomic E-state index is 12.6. The fourth-order valence-corrected chi connectivity index (χ4v) is 3.21. The zero-order chi connectivity index (χ0) is 19.7. The van der Waals surface area contributed by atoms with Crippen molar-refractivity contribution < 1.29 is 14.4 Å². The quantitative estimate of drug-likeness (QED) is 0.674. The summed E-state index contributed by atoms with van der Waals surface area (Å²) < 4.78 is 1.62. The molecule has 0 fully saturated rings. The maximum Gasteiger partial charge on any atom is 0.266 e. The van der Waals surface area contributed by atoms with Crippen LogP contribution in [0.1, 0.15) is 31.1 Å². The third-order valence-corrected chi connectivity index (χ3v) is 4.58. The van der Waals surface area contributed by atoms with E-state index in [1.807, 2.05) is 0 Å². The number of hydrogen-bond donors (Lipinski definition) is 1. The number of anilines is 1. The number of halogens is 1. The molecule has 0 aliphatic carbocycles. The van der Waals surface area contributed by atoms with Crippen molar-refractivity contribution in [2.75, 3.05) is 11.4 Å². The van der Waals surface area contributed by atoms with Crippen molar-refractivity contribution in [2.45, 2.75) is 6.54 Å². The number of aromatic nitrogens is 2. The lowest BCUT2D eigenvalue weighted by Gasteiger charge is -2.15. The standard InChI is InChI=1S/C20H15ClN4O3/c21-14-11-23-24(12-14)9-8-22-18(26)13-4-3-5-15(10-13)25-19(27)16-6-1-2-7-17(16)20(25)28/h1-7,10-12H,8-9H2,(H,22,26). The number of benzene rings is 2. The van der Waals surface area contributed by atoms with Crippen LogP contribution in [0.4, 0.5) is 5.69 Å². The minimum absolute atomic E-state index is 0.309. The van der Waals surface area contributed by atoms with E-state index in [-0.39, 0.29) is 5.91 Å². The molecule has 28 heavy (non-hydrogen) atoms. The summed E-state index contributed by atoms with van der Waals surface area (Å²) in [6, 6.07) is 13.1. The minimum atomic E-state index is -0.395. The van der Waals surface area contributed by atoms with E-state index >= 15 is 0 Å². The van der Waals surface area contributed by atoms with Gasteiger partial charge in [0.15, 0.2) is 0 Å². The molecule has 0 spiro atoms. The largest absolute Gasteiger partial charge is 0.350 e. The van der Waals surface area contributed by atoms with Gasteiger partial charge in [0.2, 0.25) is 0 Å². The fraction of sp³-hybridized carbons (Fsp3) is 0.100. The van der Waals surface area contributed by atoms with Crippen LogP contribution in [-0.2, 0) is 6.54 Å². The van der Waals surface area contributed by atoms with Gasteiger partial charge in [0.1, 0.15) is 0 Å². The molecule has 3 amide bonds. The molecule has 0 saturated carbocycles. The van der Waals surface area contributed by atoms with Crippen molar-refractivity contribution in [2.24, 2.45) is 0 Å². The molecule has 1 aliphatic heterocycles. The number of hydrogen-bond acceptors (Lipinski definition) is 4. The topological polar surface area (TPSA) is 84.3 Å². The molecule has 1 aliphatic rings. The summed E-state index contributed by atoms with van der Waals surface area (Å²) in [5.41, 5.74) is 1.44. The Bertz CT molecular complexity index is 1060. The van der Waals surface area contributed by atoms with Gasteiger partial charge < -0.3 is 5.32 Å². The van der Waals surface area contributed by atoms with Gasteiger partial charge in [0, 0.05) is 18.3 Å².